The first kappa shape index (κ1) is 11.6. The molecule has 0 bridgehead atoms. The predicted octanol–water partition coefficient (Wildman–Crippen LogP) is 2.95. The summed E-state index contributed by atoms with van der Waals surface area (Å²) >= 11 is 0. The molecule has 0 amide bonds. The van der Waals surface area contributed by atoms with Gasteiger partial charge in [0, 0.05) is 35.6 Å². The molecule has 4 nitrogen and oxygen atoms in total. The predicted molar refractivity (Wildman–Crippen MR) is 75.8 cm³/mol. The lowest BCUT2D eigenvalue weighted by atomic mass is 10.1. The van der Waals surface area contributed by atoms with Gasteiger partial charge < -0.3 is 5.32 Å². The van der Waals surface area contributed by atoms with Crippen molar-refractivity contribution in [1.82, 2.24) is 15.0 Å². The lowest BCUT2D eigenvalue weighted by molar-refractivity contribution is 1.05. The van der Waals surface area contributed by atoms with Crippen molar-refractivity contribution in [3.05, 3.63) is 60.3 Å². The van der Waals surface area contributed by atoms with Crippen LogP contribution in [0.15, 0.2) is 49.1 Å². The van der Waals surface area contributed by atoms with E-state index in [2.05, 4.69) is 32.4 Å². The van der Waals surface area contributed by atoms with Gasteiger partial charge in [-0.3, -0.25) is 4.98 Å². The third kappa shape index (κ3) is 2.52. The Morgan fingerprint density at radius 1 is 1.05 bits per heavy atom. The molecule has 94 valence electrons. The fourth-order valence-electron chi connectivity index (χ4n) is 2.01. The van der Waals surface area contributed by atoms with E-state index in [4.69, 9.17) is 0 Å². The number of aromatic nitrogens is 3. The molecular formula is C15H14N4. The molecule has 0 radical (unpaired) electrons. The van der Waals surface area contributed by atoms with E-state index < -0.39 is 0 Å². The van der Waals surface area contributed by atoms with E-state index in [1.165, 1.54) is 6.33 Å². The summed E-state index contributed by atoms with van der Waals surface area (Å²) in [7, 11) is 0. The van der Waals surface area contributed by atoms with E-state index in [1.54, 1.807) is 0 Å². The zero-order valence-electron chi connectivity index (χ0n) is 10.7. The van der Waals surface area contributed by atoms with Crippen LogP contribution in [0.25, 0.3) is 10.9 Å². The molecule has 0 fully saturated rings. The third-order valence-electron chi connectivity index (χ3n) is 2.96. The second kappa shape index (κ2) is 5.02. The van der Waals surface area contributed by atoms with E-state index in [1.807, 2.05) is 37.5 Å². The van der Waals surface area contributed by atoms with Gasteiger partial charge in [0.25, 0.3) is 0 Å². The lowest BCUT2D eigenvalue weighted by Crippen LogP contribution is -2.01. The number of benzene rings is 1. The first-order valence-electron chi connectivity index (χ1n) is 6.17. The van der Waals surface area contributed by atoms with Gasteiger partial charge in [-0.05, 0) is 19.1 Å². The first-order valence-corrected chi connectivity index (χ1v) is 6.17. The van der Waals surface area contributed by atoms with Gasteiger partial charge in [0.2, 0.25) is 0 Å². The maximum atomic E-state index is 4.59. The van der Waals surface area contributed by atoms with Gasteiger partial charge in [0.1, 0.15) is 6.33 Å². The maximum absolute atomic E-state index is 4.59. The summed E-state index contributed by atoms with van der Waals surface area (Å²) in [5.41, 5.74) is 4.10. The highest BCUT2D eigenvalue weighted by molar-refractivity contribution is 5.90. The molecule has 19 heavy (non-hydrogen) atoms. The minimum atomic E-state index is 0.690. The number of pyridine rings is 1. The topological polar surface area (TPSA) is 50.7 Å². The summed E-state index contributed by atoms with van der Waals surface area (Å²) in [5, 5.41) is 4.53. The van der Waals surface area contributed by atoms with Crippen molar-refractivity contribution in [2.24, 2.45) is 0 Å². The molecule has 0 saturated carbocycles. The summed E-state index contributed by atoms with van der Waals surface area (Å²) in [5.74, 6) is 0. The van der Waals surface area contributed by atoms with Crippen LogP contribution >= 0.6 is 0 Å². The largest absolute Gasteiger partial charge is 0.379 e. The number of nitrogens with one attached hydrogen (secondary N) is 1. The monoisotopic (exact) mass is 250 g/mol. The standard InChI is InChI=1S/C15H14N4/c1-11-5-6-13-3-2-4-14(15(13)19-11)18-9-12-7-16-10-17-8-12/h2-8,10,18H,9H2,1H3. The lowest BCUT2D eigenvalue weighted by Gasteiger charge is -2.09. The van der Waals surface area contributed by atoms with Crippen molar-refractivity contribution in [2.75, 3.05) is 5.32 Å². The number of rotatable bonds is 3. The Balaban J connectivity index is 1.90. The van der Waals surface area contributed by atoms with Crippen LogP contribution < -0.4 is 5.32 Å². The van der Waals surface area contributed by atoms with Gasteiger partial charge in [-0.15, -0.1) is 0 Å². The van der Waals surface area contributed by atoms with E-state index in [0.717, 1.165) is 27.8 Å². The van der Waals surface area contributed by atoms with Crippen LogP contribution in [0.2, 0.25) is 0 Å². The number of hydrogen-bond acceptors (Lipinski definition) is 4. The van der Waals surface area contributed by atoms with Gasteiger partial charge in [-0.1, -0.05) is 18.2 Å². The van der Waals surface area contributed by atoms with Crippen LogP contribution in [0, 0.1) is 6.92 Å². The molecule has 1 aromatic carbocycles. The second-order valence-corrected chi connectivity index (χ2v) is 4.43. The first-order chi connectivity index (χ1) is 9.33. The van der Waals surface area contributed by atoms with Gasteiger partial charge in [-0.25, -0.2) is 9.97 Å². The fraction of sp³-hybridized carbons (Fsp3) is 0.133. The molecule has 0 atom stereocenters. The number of para-hydroxylation sites is 1. The van der Waals surface area contributed by atoms with Crippen molar-refractivity contribution in [3.63, 3.8) is 0 Å². The molecular weight excluding hydrogens is 236 g/mol. The second-order valence-electron chi connectivity index (χ2n) is 4.43. The molecule has 3 aromatic rings. The van der Waals surface area contributed by atoms with E-state index in [-0.39, 0.29) is 0 Å². The number of hydrogen-bond donors (Lipinski definition) is 1. The zero-order chi connectivity index (χ0) is 13.1. The number of aryl methyl sites for hydroxylation is 1. The summed E-state index contributed by atoms with van der Waals surface area (Å²) in [6.45, 7) is 2.69. The number of nitrogens with zero attached hydrogens (tertiary/aromatic N) is 3. The molecule has 0 aliphatic heterocycles. The van der Waals surface area contributed by atoms with Crippen LogP contribution in [0.5, 0.6) is 0 Å². The molecule has 0 aliphatic rings. The smallest absolute Gasteiger partial charge is 0.115 e. The molecule has 2 aromatic heterocycles. The molecule has 2 heterocycles. The zero-order valence-corrected chi connectivity index (χ0v) is 10.7. The molecule has 0 spiro atoms. The van der Waals surface area contributed by atoms with Crippen LogP contribution in [0.3, 0.4) is 0 Å². The maximum Gasteiger partial charge on any atom is 0.115 e. The minimum absolute atomic E-state index is 0.690. The van der Waals surface area contributed by atoms with Crippen LogP contribution in [0.1, 0.15) is 11.3 Å². The molecule has 3 rings (SSSR count). The van der Waals surface area contributed by atoms with Crippen LogP contribution in [-0.2, 0) is 6.54 Å². The summed E-state index contributed by atoms with van der Waals surface area (Å²) in [6, 6.07) is 10.3. The van der Waals surface area contributed by atoms with Crippen molar-refractivity contribution >= 4 is 16.6 Å². The number of anilines is 1. The Kier molecular flexibility index (Phi) is 3.06. The van der Waals surface area contributed by atoms with Crippen LogP contribution in [0.4, 0.5) is 5.69 Å². The van der Waals surface area contributed by atoms with E-state index in [0.29, 0.717) is 6.54 Å². The van der Waals surface area contributed by atoms with Crippen molar-refractivity contribution in [1.29, 1.82) is 0 Å². The fourth-order valence-corrected chi connectivity index (χ4v) is 2.01. The van der Waals surface area contributed by atoms with E-state index >= 15 is 0 Å². The quantitative estimate of drug-likeness (QED) is 0.776. The highest BCUT2D eigenvalue weighted by Gasteiger charge is 2.02. The van der Waals surface area contributed by atoms with Gasteiger partial charge in [0.15, 0.2) is 0 Å². The molecule has 0 saturated heterocycles. The Hall–Kier alpha value is -2.49. The summed E-state index contributed by atoms with van der Waals surface area (Å²) in [4.78, 5) is 12.6. The minimum Gasteiger partial charge on any atom is -0.379 e. The summed E-state index contributed by atoms with van der Waals surface area (Å²) < 4.78 is 0. The average molecular weight is 250 g/mol. The normalized spacial score (nSPS) is 10.6. The Morgan fingerprint density at radius 3 is 2.74 bits per heavy atom. The molecule has 0 aliphatic carbocycles. The van der Waals surface area contributed by atoms with Crippen molar-refractivity contribution < 1.29 is 0 Å². The van der Waals surface area contributed by atoms with Crippen molar-refractivity contribution in [3.8, 4) is 0 Å². The SMILES string of the molecule is Cc1ccc2cccc(NCc3cncnc3)c2n1. The molecule has 4 heteroatoms. The van der Waals surface area contributed by atoms with Crippen LogP contribution in [-0.4, -0.2) is 15.0 Å². The average Bonchev–Trinajstić information content (AvgIpc) is 2.46. The highest BCUT2D eigenvalue weighted by atomic mass is 14.9. The third-order valence-corrected chi connectivity index (χ3v) is 2.96. The number of fused-ring (bicyclic) bond motifs is 1. The van der Waals surface area contributed by atoms with Gasteiger partial charge >= 0.3 is 0 Å². The Bertz CT molecular complexity index is 695. The summed E-state index contributed by atoms with van der Waals surface area (Å²) in [6.07, 6.45) is 5.15. The highest BCUT2D eigenvalue weighted by Crippen LogP contribution is 2.22. The van der Waals surface area contributed by atoms with Crippen molar-refractivity contribution in [2.45, 2.75) is 13.5 Å². The Labute approximate surface area is 111 Å². The van der Waals surface area contributed by atoms with E-state index in [9.17, 15) is 0 Å². The molecule has 0 unspecified atom stereocenters. The van der Waals surface area contributed by atoms with Gasteiger partial charge in [-0.2, -0.15) is 0 Å². The van der Waals surface area contributed by atoms with Gasteiger partial charge in [0.05, 0.1) is 11.2 Å². The molecule has 1 N–H and O–H groups in total. The Morgan fingerprint density at radius 2 is 1.89 bits per heavy atom.